The van der Waals surface area contributed by atoms with E-state index in [1.165, 1.54) is 16.9 Å². The van der Waals surface area contributed by atoms with Crippen molar-refractivity contribution in [1.29, 1.82) is 0 Å². The van der Waals surface area contributed by atoms with Crippen LogP contribution in [-0.4, -0.2) is 22.5 Å². The van der Waals surface area contributed by atoms with Crippen molar-refractivity contribution < 1.29 is 4.79 Å². The fourth-order valence-electron chi connectivity index (χ4n) is 1.99. The molecule has 6 heteroatoms. The topological polar surface area (TPSA) is 83.8 Å². The van der Waals surface area contributed by atoms with Crippen molar-refractivity contribution in [3.05, 3.63) is 28.4 Å². The second kappa shape index (κ2) is 6.56. The first-order chi connectivity index (χ1) is 9.61. The van der Waals surface area contributed by atoms with Crippen LogP contribution in [0.15, 0.2) is 12.3 Å². The average molecular weight is 292 g/mol. The lowest BCUT2D eigenvalue weighted by Crippen LogP contribution is -2.01. The minimum absolute atomic E-state index is 0.106. The van der Waals surface area contributed by atoms with Gasteiger partial charge < -0.3 is 11.1 Å². The predicted molar refractivity (Wildman–Crippen MR) is 83.5 cm³/mol. The van der Waals surface area contributed by atoms with Crippen molar-refractivity contribution in [2.24, 2.45) is 0 Å². The minimum atomic E-state index is 0.106. The number of carbonyl (C=O) groups is 1. The molecule has 0 spiro atoms. The van der Waals surface area contributed by atoms with Gasteiger partial charge in [-0.2, -0.15) is 5.10 Å². The smallest absolute Gasteiger partial charge is 0.174 e. The minimum Gasteiger partial charge on any atom is -0.397 e. The summed E-state index contributed by atoms with van der Waals surface area (Å²) in [5, 5.41) is 11.2. The van der Waals surface area contributed by atoms with Crippen LogP contribution < -0.4 is 11.1 Å². The van der Waals surface area contributed by atoms with Crippen LogP contribution in [0.1, 0.15) is 40.7 Å². The highest BCUT2D eigenvalue weighted by molar-refractivity contribution is 7.18. The summed E-state index contributed by atoms with van der Waals surface area (Å²) in [5.74, 6) is 0.106. The van der Waals surface area contributed by atoms with Crippen LogP contribution >= 0.6 is 11.3 Å². The number of aromatic amines is 1. The number of thiophene rings is 1. The summed E-state index contributed by atoms with van der Waals surface area (Å²) in [4.78, 5) is 12.3. The molecule has 0 atom stereocenters. The maximum Gasteiger partial charge on any atom is 0.174 e. The van der Waals surface area contributed by atoms with E-state index in [1.807, 2.05) is 26.1 Å². The third kappa shape index (κ3) is 3.39. The van der Waals surface area contributed by atoms with E-state index in [-0.39, 0.29) is 5.78 Å². The quantitative estimate of drug-likeness (QED) is 0.541. The van der Waals surface area contributed by atoms with Gasteiger partial charge in [-0.05, 0) is 31.4 Å². The fourth-order valence-corrected chi connectivity index (χ4v) is 3.00. The Balaban J connectivity index is 1.83. The highest BCUT2D eigenvalue weighted by atomic mass is 32.1. The Morgan fingerprint density at radius 1 is 1.55 bits per heavy atom. The summed E-state index contributed by atoms with van der Waals surface area (Å²) < 4.78 is 0. The molecule has 0 aromatic carbocycles. The summed E-state index contributed by atoms with van der Waals surface area (Å²) >= 11 is 1.44. The molecule has 0 saturated heterocycles. The predicted octanol–water partition coefficient (Wildman–Crippen LogP) is 3.00. The second-order valence-electron chi connectivity index (χ2n) is 4.72. The molecule has 0 saturated carbocycles. The normalized spacial score (nSPS) is 10.7. The molecular formula is C14H20N4OS. The van der Waals surface area contributed by atoms with Gasteiger partial charge in [-0.3, -0.25) is 9.89 Å². The number of aromatic nitrogens is 2. The molecule has 0 amide bonds. The molecule has 2 heterocycles. The number of nitrogen functional groups attached to an aromatic ring is 1. The van der Waals surface area contributed by atoms with E-state index in [0.717, 1.165) is 30.1 Å². The van der Waals surface area contributed by atoms with Crippen LogP contribution in [0.4, 0.5) is 10.7 Å². The van der Waals surface area contributed by atoms with E-state index >= 15 is 0 Å². The number of H-pyrrole nitrogens is 1. The first-order valence-electron chi connectivity index (χ1n) is 6.77. The van der Waals surface area contributed by atoms with Gasteiger partial charge in [0.1, 0.15) is 0 Å². The fraction of sp³-hybridized carbons (Fsp3) is 0.429. The van der Waals surface area contributed by atoms with Crippen molar-refractivity contribution in [2.45, 2.75) is 33.1 Å². The lowest BCUT2D eigenvalue weighted by molar-refractivity contribution is 0.0993. The molecule has 2 aromatic heterocycles. The molecule has 0 radical (unpaired) electrons. The number of carbonyl (C=O) groups excluding carboxylic acids is 1. The number of hydrogen-bond donors (Lipinski definition) is 3. The lowest BCUT2D eigenvalue weighted by atomic mass is 10.1. The molecule has 2 rings (SSSR count). The monoisotopic (exact) mass is 292 g/mol. The second-order valence-corrected chi connectivity index (χ2v) is 5.77. The number of ketones is 1. The number of rotatable bonds is 7. The maximum atomic E-state index is 11.7. The molecule has 5 nitrogen and oxygen atoms in total. The Morgan fingerprint density at radius 3 is 3.00 bits per heavy atom. The molecule has 4 N–H and O–H groups in total. The van der Waals surface area contributed by atoms with Crippen LogP contribution in [0.2, 0.25) is 0 Å². The first kappa shape index (κ1) is 14.6. The molecule has 0 fully saturated rings. The molecular weight excluding hydrogens is 272 g/mol. The van der Waals surface area contributed by atoms with Crippen molar-refractivity contribution in [2.75, 3.05) is 17.6 Å². The van der Waals surface area contributed by atoms with Crippen molar-refractivity contribution in [3.8, 4) is 0 Å². The van der Waals surface area contributed by atoms with Gasteiger partial charge in [-0.25, -0.2) is 0 Å². The van der Waals surface area contributed by atoms with Crippen LogP contribution in [-0.2, 0) is 6.42 Å². The van der Waals surface area contributed by atoms with Crippen molar-refractivity contribution in [3.63, 3.8) is 0 Å². The number of aryl methyl sites for hydroxylation is 2. The number of hydrogen-bond acceptors (Lipinski definition) is 5. The van der Waals surface area contributed by atoms with Gasteiger partial charge in [0, 0.05) is 18.7 Å². The van der Waals surface area contributed by atoms with Crippen LogP contribution in [0.3, 0.4) is 0 Å². The van der Waals surface area contributed by atoms with Crippen molar-refractivity contribution >= 4 is 27.8 Å². The number of Topliss-reactive ketones (excluding diaryl/α,β-unsaturated/α-hetero) is 1. The largest absolute Gasteiger partial charge is 0.397 e. The Kier molecular flexibility index (Phi) is 4.79. The van der Waals surface area contributed by atoms with Gasteiger partial charge in [0.25, 0.3) is 0 Å². The molecule has 20 heavy (non-hydrogen) atoms. The third-order valence-corrected chi connectivity index (χ3v) is 4.34. The number of anilines is 2. The van der Waals surface area contributed by atoms with E-state index < -0.39 is 0 Å². The molecule has 2 aromatic rings. The molecule has 0 aliphatic carbocycles. The summed E-state index contributed by atoms with van der Waals surface area (Å²) in [6, 6.07) is 1.84. The van der Waals surface area contributed by atoms with E-state index in [4.69, 9.17) is 5.73 Å². The zero-order valence-electron chi connectivity index (χ0n) is 11.8. The van der Waals surface area contributed by atoms with Gasteiger partial charge in [0.15, 0.2) is 5.78 Å². The highest BCUT2D eigenvalue weighted by Crippen LogP contribution is 2.30. The highest BCUT2D eigenvalue weighted by Gasteiger charge is 2.12. The molecule has 0 bridgehead atoms. The van der Waals surface area contributed by atoms with E-state index in [2.05, 4.69) is 15.5 Å². The zero-order chi connectivity index (χ0) is 14.5. The Hall–Kier alpha value is -1.82. The summed E-state index contributed by atoms with van der Waals surface area (Å²) in [6.45, 7) is 4.73. The summed E-state index contributed by atoms with van der Waals surface area (Å²) in [6.07, 6.45) is 4.35. The maximum absolute atomic E-state index is 11.7. The van der Waals surface area contributed by atoms with Gasteiger partial charge in [0.05, 0.1) is 21.8 Å². The summed E-state index contributed by atoms with van der Waals surface area (Å²) in [5.41, 5.74) is 8.81. The first-order valence-corrected chi connectivity index (χ1v) is 7.58. The van der Waals surface area contributed by atoms with E-state index in [0.29, 0.717) is 17.0 Å². The van der Waals surface area contributed by atoms with Crippen molar-refractivity contribution in [1.82, 2.24) is 10.2 Å². The van der Waals surface area contributed by atoms with Gasteiger partial charge in [-0.15, -0.1) is 11.3 Å². The van der Waals surface area contributed by atoms with Gasteiger partial charge >= 0.3 is 0 Å². The van der Waals surface area contributed by atoms with E-state index in [1.54, 1.807) is 0 Å². The lowest BCUT2D eigenvalue weighted by Gasteiger charge is -2.02. The SMILES string of the molecule is CCC(=O)c1sc(NCCCc2cn[nH]c2C)cc1N. The zero-order valence-corrected chi connectivity index (χ0v) is 12.6. The number of nitrogens with two attached hydrogens (primary N) is 1. The molecule has 0 aliphatic rings. The van der Waals surface area contributed by atoms with E-state index in [9.17, 15) is 4.79 Å². The van der Waals surface area contributed by atoms with Crippen LogP contribution in [0.5, 0.6) is 0 Å². The molecule has 0 aliphatic heterocycles. The van der Waals surface area contributed by atoms with Gasteiger partial charge in [0.2, 0.25) is 0 Å². The van der Waals surface area contributed by atoms with Gasteiger partial charge in [-0.1, -0.05) is 6.92 Å². The Labute approximate surface area is 122 Å². The van der Waals surface area contributed by atoms with Crippen LogP contribution in [0.25, 0.3) is 0 Å². The summed E-state index contributed by atoms with van der Waals surface area (Å²) in [7, 11) is 0. The third-order valence-electron chi connectivity index (χ3n) is 3.19. The standard InChI is InChI=1S/C14H20N4OS/c1-3-12(19)14-11(15)7-13(20-14)16-6-4-5-10-8-17-18-9(10)2/h7-8,16H,3-6,15H2,1-2H3,(H,17,18). The van der Waals surface area contributed by atoms with Crippen LogP contribution in [0, 0.1) is 6.92 Å². The number of nitrogens with one attached hydrogen (secondary N) is 2. The molecule has 108 valence electrons. The number of nitrogens with zero attached hydrogens (tertiary/aromatic N) is 1. The Morgan fingerprint density at radius 2 is 2.35 bits per heavy atom. The average Bonchev–Trinajstić information content (AvgIpc) is 3.00. The molecule has 0 unspecified atom stereocenters. The Bertz CT molecular complexity index is 588.